The third-order valence-corrected chi connectivity index (χ3v) is 5.38. The van der Waals surface area contributed by atoms with Crippen molar-refractivity contribution in [2.75, 3.05) is 45.0 Å². The number of sulfonamides is 1. The van der Waals surface area contributed by atoms with Crippen molar-refractivity contribution in [2.45, 2.75) is 32.2 Å². The first-order valence-corrected chi connectivity index (χ1v) is 8.69. The van der Waals surface area contributed by atoms with Gasteiger partial charge in [0.1, 0.15) is 0 Å². The van der Waals surface area contributed by atoms with Crippen LogP contribution in [0.1, 0.15) is 26.2 Å². The van der Waals surface area contributed by atoms with Crippen molar-refractivity contribution in [2.24, 2.45) is 0 Å². The Hall–Kier alpha value is -0.170. The van der Waals surface area contributed by atoms with Gasteiger partial charge in [0.25, 0.3) is 0 Å². The lowest BCUT2D eigenvalue weighted by Crippen LogP contribution is -2.63. The minimum Gasteiger partial charge on any atom is -0.299 e. The lowest BCUT2D eigenvalue weighted by Gasteiger charge is -2.47. The van der Waals surface area contributed by atoms with E-state index < -0.39 is 10.0 Å². The average Bonchev–Trinajstić information content (AvgIpc) is 2.38. The fourth-order valence-electron chi connectivity index (χ4n) is 2.76. The minimum absolute atomic E-state index is 0.275. The number of hydrogen-bond acceptors (Lipinski definition) is 4. The fourth-order valence-corrected chi connectivity index (χ4v) is 3.93. The quantitative estimate of drug-likeness (QED) is 0.669. The third kappa shape index (κ3) is 3.91. The van der Waals surface area contributed by atoms with Gasteiger partial charge in [0, 0.05) is 45.3 Å². The topological polar surface area (TPSA) is 52.7 Å². The lowest BCUT2D eigenvalue weighted by molar-refractivity contribution is 0.0158. The fraction of sp³-hybridized carbons (Fsp3) is 1.00. The van der Waals surface area contributed by atoms with Gasteiger partial charge in [0.05, 0.1) is 5.75 Å². The van der Waals surface area contributed by atoms with Crippen molar-refractivity contribution in [3.63, 3.8) is 0 Å². The van der Waals surface area contributed by atoms with Crippen LogP contribution in [0.15, 0.2) is 0 Å². The zero-order valence-corrected chi connectivity index (χ0v) is 12.1. The van der Waals surface area contributed by atoms with E-state index in [1.54, 1.807) is 0 Å². The Labute approximate surface area is 111 Å². The number of nitrogens with zero attached hydrogens (tertiary/aromatic N) is 2. The number of nitrogens with one attached hydrogen (secondary N) is 1. The van der Waals surface area contributed by atoms with E-state index in [4.69, 9.17) is 0 Å². The first-order valence-electron chi connectivity index (χ1n) is 7.04. The summed E-state index contributed by atoms with van der Waals surface area (Å²) in [6, 6.07) is 0.369. The molecule has 3 aliphatic rings. The van der Waals surface area contributed by atoms with E-state index in [0.29, 0.717) is 12.6 Å². The Balaban J connectivity index is 1.73. The molecule has 0 saturated carbocycles. The third-order valence-electron chi connectivity index (χ3n) is 3.95. The van der Waals surface area contributed by atoms with Crippen molar-refractivity contribution in [3.8, 4) is 0 Å². The second-order valence-corrected chi connectivity index (χ2v) is 7.29. The Morgan fingerprint density at radius 2 is 1.89 bits per heavy atom. The molecule has 3 rings (SSSR count). The van der Waals surface area contributed by atoms with Crippen LogP contribution in [0.4, 0.5) is 0 Å². The predicted molar refractivity (Wildman–Crippen MR) is 73.1 cm³/mol. The number of rotatable bonds is 7. The van der Waals surface area contributed by atoms with Gasteiger partial charge in [-0.3, -0.25) is 9.80 Å². The van der Waals surface area contributed by atoms with Crippen molar-refractivity contribution >= 4 is 10.0 Å². The van der Waals surface area contributed by atoms with Crippen molar-refractivity contribution in [3.05, 3.63) is 0 Å². The zero-order chi connectivity index (χ0) is 13.0. The van der Waals surface area contributed by atoms with Crippen LogP contribution in [0, 0.1) is 0 Å². The van der Waals surface area contributed by atoms with E-state index in [-0.39, 0.29) is 5.75 Å². The Morgan fingerprint density at radius 1 is 1.17 bits per heavy atom. The molecule has 3 saturated heterocycles. The molecule has 1 N–H and O–H groups in total. The molecule has 3 aliphatic heterocycles. The van der Waals surface area contributed by atoms with Crippen LogP contribution in [0.3, 0.4) is 0 Å². The zero-order valence-electron chi connectivity index (χ0n) is 11.3. The lowest BCUT2D eigenvalue weighted by atomic mass is 10.1. The molecule has 0 aromatic rings. The summed E-state index contributed by atoms with van der Waals surface area (Å²) in [5, 5.41) is 0. The molecule has 3 fully saturated rings. The maximum Gasteiger partial charge on any atom is 0.211 e. The summed E-state index contributed by atoms with van der Waals surface area (Å²) in [7, 11) is -3.07. The highest BCUT2D eigenvalue weighted by Crippen LogP contribution is 2.15. The van der Waals surface area contributed by atoms with Gasteiger partial charge in [0.15, 0.2) is 0 Å². The maximum atomic E-state index is 11.8. The van der Waals surface area contributed by atoms with Gasteiger partial charge < -0.3 is 0 Å². The first-order chi connectivity index (χ1) is 8.61. The van der Waals surface area contributed by atoms with Gasteiger partial charge in [-0.25, -0.2) is 13.1 Å². The monoisotopic (exact) mass is 275 g/mol. The molecule has 5 nitrogen and oxygen atoms in total. The van der Waals surface area contributed by atoms with E-state index >= 15 is 0 Å². The molecule has 0 spiro atoms. The summed E-state index contributed by atoms with van der Waals surface area (Å²) in [4.78, 5) is 4.84. The van der Waals surface area contributed by atoms with E-state index in [1.165, 1.54) is 0 Å². The largest absolute Gasteiger partial charge is 0.299 e. The number of piperazine rings is 3. The van der Waals surface area contributed by atoms with Crippen LogP contribution < -0.4 is 4.72 Å². The summed E-state index contributed by atoms with van der Waals surface area (Å²) in [6.45, 7) is 8.12. The average molecular weight is 275 g/mol. The van der Waals surface area contributed by atoms with Crippen LogP contribution in [-0.2, 0) is 10.0 Å². The molecule has 18 heavy (non-hydrogen) atoms. The smallest absolute Gasteiger partial charge is 0.211 e. The number of hydrogen-bond donors (Lipinski definition) is 1. The van der Waals surface area contributed by atoms with Gasteiger partial charge in [-0.1, -0.05) is 19.8 Å². The van der Waals surface area contributed by atoms with E-state index in [2.05, 4.69) is 21.4 Å². The van der Waals surface area contributed by atoms with Crippen LogP contribution in [0.25, 0.3) is 0 Å². The standard InChI is InChI=1S/C12H25N3O2S/c1-2-3-4-9-18(16,17)13-10-12-11-14-5-7-15(12)8-6-14/h12-13H,2-11H2,1H3. The molecule has 106 valence electrons. The Kier molecular flexibility index (Phi) is 5.00. The van der Waals surface area contributed by atoms with Crippen molar-refractivity contribution in [1.29, 1.82) is 0 Å². The molecular formula is C12H25N3O2S. The second-order valence-electron chi connectivity index (χ2n) is 5.36. The predicted octanol–water partition coefficient (Wildman–Crippen LogP) is 0.0958. The number of unbranched alkanes of at least 4 members (excludes halogenated alkanes) is 2. The highest BCUT2D eigenvalue weighted by atomic mass is 32.2. The summed E-state index contributed by atoms with van der Waals surface area (Å²) >= 11 is 0. The molecule has 2 bridgehead atoms. The summed E-state index contributed by atoms with van der Waals surface area (Å²) in [6.07, 6.45) is 2.82. The first kappa shape index (κ1) is 14.2. The Morgan fingerprint density at radius 3 is 2.44 bits per heavy atom. The second kappa shape index (κ2) is 6.32. The normalized spacial score (nSPS) is 31.7. The van der Waals surface area contributed by atoms with Crippen LogP contribution in [0.5, 0.6) is 0 Å². The number of fused-ring (bicyclic) bond motifs is 3. The van der Waals surface area contributed by atoms with Gasteiger partial charge >= 0.3 is 0 Å². The molecule has 0 aromatic heterocycles. The van der Waals surface area contributed by atoms with E-state index in [1.807, 2.05) is 0 Å². The molecular weight excluding hydrogens is 250 g/mol. The minimum atomic E-state index is -3.07. The molecule has 0 amide bonds. The van der Waals surface area contributed by atoms with E-state index in [0.717, 1.165) is 52.0 Å². The highest BCUT2D eigenvalue weighted by Gasteiger charge is 2.32. The summed E-state index contributed by atoms with van der Waals surface area (Å²) in [5.74, 6) is 0.275. The van der Waals surface area contributed by atoms with Crippen LogP contribution >= 0.6 is 0 Å². The van der Waals surface area contributed by atoms with E-state index in [9.17, 15) is 8.42 Å². The molecule has 3 heterocycles. The van der Waals surface area contributed by atoms with Gasteiger partial charge in [-0.15, -0.1) is 0 Å². The Bertz CT molecular complexity index is 350. The van der Waals surface area contributed by atoms with Crippen molar-refractivity contribution < 1.29 is 8.42 Å². The molecule has 1 atom stereocenters. The van der Waals surface area contributed by atoms with Gasteiger partial charge in [-0.2, -0.15) is 0 Å². The molecule has 0 aliphatic carbocycles. The molecule has 1 unspecified atom stereocenters. The van der Waals surface area contributed by atoms with Crippen LogP contribution in [0.2, 0.25) is 0 Å². The highest BCUT2D eigenvalue weighted by molar-refractivity contribution is 7.89. The SMILES string of the molecule is CCCCCS(=O)(=O)NCC1CN2CCN1CC2. The van der Waals surface area contributed by atoms with Crippen LogP contribution in [-0.4, -0.2) is 69.3 Å². The van der Waals surface area contributed by atoms with Gasteiger partial charge in [0.2, 0.25) is 10.0 Å². The molecule has 6 heteroatoms. The molecule has 0 radical (unpaired) electrons. The van der Waals surface area contributed by atoms with Crippen molar-refractivity contribution in [1.82, 2.24) is 14.5 Å². The summed E-state index contributed by atoms with van der Waals surface area (Å²) in [5.41, 5.74) is 0. The molecule has 0 aromatic carbocycles. The van der Waals surface area contributed by atoms with Gasteiger partial charge in [-0.05, 0) is 6.42 Å². The maximum absolute atomic E-state index is 11.8. The summed E-state index contributed by atoms with van der Waals surface area (Å²) < 4.78 is 26.4.